The Bertz CT molecular complexity index is 882. The van der Waals surface area contributed by atoms with Gasteiger partial charge in [0.25, 0.3) is 0 Å². The Balaban J connectivity index is 0.00000199. The highest BCUT2D eigenvalue weighted by atomic mass is 16.6. The van der Waals surface area contributed by atoms with Crippen LogP contribution >= 0.6 is 0 Å². The average Bonchev–Trinajstić information content (AvgIpc) is 2.86. The second-order valence-corrected chi connectivity index (χ2v) is 8.26. The quantitative estimate of drug-likeness (QED) is 0.211. The minimum atomic E-state index is 0.175. The molecule has 0 saturated heterocycles. The first-order chi connectivity index (χ1) is 16.6. The van der Waals surface area contributed by atoms with E-state index < -0.39 is 0 Å². The number of rotatable bonds is 10. The largest absolute Gasteiger partial charge is 0.490 e. The van der Waals surface area contributed by atoms with Crippen LogP contribution < -0.4 is 9.47 Å². The topological polar surface area (TPSA) is 49.3 Å². The predicted molar refractivity (Wildman–Crippen MR) is 140 cm³/mol. The fourth-order valence-electron chi connectivity index (χ4n) is 3.98. The highest BCUT2D eigenvalue weighted by Crippen LogP contribution is 2.32. The molecule has 34 heavy (non-hydrogen) atoms. The number of nitrogens with zero attached hydrogens (tertiary/aromatic N) is 1. The van der Waals surface area contributed by atoms with E-state index in [0.717, 1.165) is 59.4 Å². The van der Waals surface area contributed by atoms with Gasteiger partial charge in [0.2, 0.25) is 0 Å². The third-order valence-corrected chi connectivity index (χ3v) is 5.65. The van der Waals surface area contributed by atoms with E-state index in [9.17, 15) is 0 Å². The van der Waals surface area contributed by atoms with E-state index in [1.807, 2.05) is 45.1 Å². The summed E-state index contributed by atoms with van der Waals surface area (Å²) in [5.41, 5.74) is 4.38. The van der Waals surface area contributed by atoms with Crippen molar-refractivity contribution >= 4 is 6.21 Å². The van der Waals surface area contributed by atoms with Crippen LogP contribution in [0, 0.1) is 13.8 Å². The molecule has 3 rings (SSSR count). The standard InChI is InChI=1S/C27H35NO4.C2H6/c1-5-6-14-30-26-15-20(2)27(21(3)16-26)32-25-9-7-8-24(17-25)31-19-23-12-10-22(11-13-23)18-28-29-4;1-2/h5-6,10-13,15-16,18,24-25H,7-9,14,17,19H2,1-4H3;1-2H3/b6-5+,28-18-;. The highest BCUT2D eigenvalue weighted by molar-refractivity contribution is 5.79. The molecule has 2 aromatic rings. The van der Waals surface area contributed by atoms with Crippen molar-refractivity contribution in [3.05, 3.63) is 70.8 Å². The van der Waals surface area contributed by atoms with Crippen LogP contribution in [0.4, 0.5) is 0 Å². The molecule has 1 aliphatic carbocycles. The van der Waals surface area contributed by atoms with Gasteiger partial charge >= 0.3 is 0 Å². The molecular formula is C29H41NO4. The van der Waals surface area contributed by atoms with E-state index in [0.29, 0.717) is 13.2 Å². The van der Waals surface area contributed by atoms with E-state index >= 15 is 0 Å². The van der Waals surface area contributed by atoms with Gasteiger partial charge in [0.1, 0.15) is 31.3 Å². The monoisotopic (exact) mass is 467 g/mol. The second kappa shape index (κ2) is 15.2. The maximum Gasteiger partial charge on any atom is 0.125 e. The SMILES string of the molecule is C/C=C/COc1cc(C)c(OC2CCCC(OCc3ccc(/C=N\OC)cc3)C2)c(C)c1.CC. The second-order valence-electron chi connectivity index (χ2n) is 8.26. The Kier molecular flexibility index (Phi) is 12.3. The van der Waals surface area contributed by atoms with Crippen LogP contribution in [0.2, 0.25) is 0 Å². The Morgan fingerprint density at radius 2 is 1.68 bits per heavy atom. The van der Waals surface area contributed by atoms with Gasteiger partial charge in [0.15, 0.2) is 0 Å². The molecule has 0 aliphatic heterocycles. The van der Waals surface area contributed by atoms with Gasteiger partial charge in [-0.1, -0.05) is 55.4 Å². The van der Waals surface area contributed by atoms with Gasteiger partial charge in [-0.2, -0.15) is 0 Å². The highest BCUT2D eigenvalue weighted by Gasteiger charge is 2.25. The summed E-state index contributed by atoms with van der Waals surface area (Å²) in [6.07, 6.45) is 10.2. The summed E-state index contributed by atoms with van der Waals surface area (Å²) in [5.74, 6) is 1.86. The van der Waals surface area contributed by atoms with Crippen LogP contribution in [-0.4, -0.2) is 32.1 Å². The van der Waals surface area contributed by atoms with Crippen molar-refractivity contribution in [3.63, 3.8) is 0 Å². The van der Waals surface area contributed by atoms with E-state index in [-0.39, 0.29) is 12.2 Å². The maximum atomic E-state index is 6.46. The zero-order valence-electron chi connectivity index (χ0n) is 21.7. The van der Waals surface area contributed by atoms with Crippen molar-refractivity contribution < 1.29 is 19.0 Å². The van der Waals surface area contributed by atoms with Crippen molar-refractivity contribution in [2.24, 2.45) is 5.16 Å². The van der Waals surface area contributed by atoms with Crippen molar-refractivity contribution in [3.8, 4) is 11.5 Å². The molecule has 5 nitrogen and oxygen atoms in total. The summed E-state index contributed by atoms with van der Waals surface area (Å²) in [4.78, 5) is 4.72. The molecule has 1 saturated carbocycles. The van der Waals surface area contributed by atoms with Crippen molar-refractivity contribution in [1.29, 1.82) is 0 Å². The van der Waals surface area contributed by atoms with Crippen molar-refractivity contribution in [2.75, 3.05) is 13.7 Å². The zero-order valence-corrected chi connectivity index (χ0v) is 21.7. The molecule has 1 aliphatic rings. The minimum Gasteiger partial charge on any atom is -0.490 e. The molecule has 0 aromatic heterocycles. The summed E-state index contributed by atoms with van der Waals surface area (Å²) in [5, 5.41) is 3.79. The normalized spacial score (nSPS) is 17.9. The molecule has 2 atom stereocenters. The van der Waals surface area contributed by atoms with Gasteiger partial charge in [-0.25, -0.2) is 0 Å². The molecular weight excluding hydrogens is 426 g/mol. The molecule has 0 heterocycles. The lowest BCUT2D eigenvalue weighted by atomic mass is 9.94. The van der Waals surface area contributed by atoms with Crippen LogP contribution in [0.5, 0.6) is 11.5 Å². The zero-order chi connectivity index (χ0) is 24.8. The predicted octanol–water partition coefficient (Wildman–Crippen LogP) is 7.17. The molecule has 0 radical (unpaired) electrons. The number of hydrogen-bond acceptors (Lipinski definition) is 5. The van der Waals surface area contributed by atoms with Crippen LogP contribution in [0.1, 0.15) is 68.7 Å². The Morgan fingerprint density at radius 1 is 1.00 bits per heavy atom. The first kappa shape index (κ1) is 27.5. The number of aryl methyl sites for hydroxylation is 2. The number of allylic oxidation sites excluding steroid dienone is 1. The Hall–Kier alpha value is -2.79. The van der Waals surface area contributed by atoms with E-state index in [1.54, 1.807) is 13.3 Å². The van der Waals surface area contributed by atoms with E-state index in [2.05, 4.69) is 43.3 Å². The van der Waals surface area contributed by atoms with Gasteiger partial charge in [-0.3, -0.25) is 0 Å². The summed E-state index contributed by atoms with van der Waals surface area (Å²) in [6, 6.07) is 12.3. The summed E-state index contributed by atoms with van der Waals surface area (Å²) in [7, 11) is 1.54. The van der Waals surface area contributed by atoms with Crippen molar-refractivity contribution in [2.45, 2.75) is 79.1 Å². The van der Waals surface area contributed by atoms with Gasteiger partial charge in [-0.15, -0.1) is 0 Å². The third kappa shape index (κ3) is 8.86. The lowest BCUT2D eigenvalue weighted by molar-refractivity contribution is -0.0165. The Labute approximate surface area is 205 Å². The van der Waals surface area contributed by atoms with Crippen LogP contribution in [0.15, 0.2) is 53.7 Å². The molecule has 186 valence electrons. The van der Waals surface area contributed by atoms with Crippen LogP contribution in [0.3, 0.4) is 0 Å². The molecule has 2 aromatic carbocycles. The van der Waals surface area contributed by atoms with E-state index in [1.165, 1.54) is 0 Å². The molecule has 0 amide bonds. The van der Waals surface area contributed by atoms with E-state index in [4.69, 9.17) is 19.0 Å². The van der Waals surface area contributed by atoms with Crippen LogP contribution in [-0.2, 0) is 16.2 Å². The number of ether oxygens (including phenoxy) is 3. The first-order valence-corrected chi connectivity index (χ1v) is 12.4. The number of benzene rings is 2. The number of hydrogen-bond donors (Lipinski definition) is 0. The first-order valence-electron chi connectivity index (χ1n) is 12.4. The molecule has 5 heteroatoms. The summed E-state index contributed by atoms with van der Waals surface area (Å²) >= 11 is 0. The number of oxime groups is 1. The molecule has 1 fully saturated rings. The lowest BCUT2D eigenvalue weighted by Gasteiger charge is -2.30. The van der Waals surface area contributed by atoms with Gasteiger partial charge < -0.3 is 19.0 Å². The smallest absolute Gasteiger partial charge is 0.125 e. The van der Waals surface area contributed by atoms with Gasteiger partial charge in [-0.05, 0) is 74.4 Å². The summed E-state index contributed by atoms with van der Waals surface area (Å²) < 4.78 is 18.5. The molecule has 0 spiro atoms. The van der Waals surface area contributed by atoms with Gasteiger partial charge in [0, 0.05) is 6.42 Å². The fraction of sp³-hybridized carbons (Fsp3) is 0.483. The Morgan fingerprint density at radius 3 is 2.32 bits per heavy atom. The maximum absolute atomic E-state index is 6.46. The molecule has 2 unspecified atom stereocenters. The van der Waals surface area contributed by atoms with Crippen molar-refractivity contribution in [1.82, 2.24) is 0 Å². The van der Waals surface area contributed by atoms with Gasteiger partial charge in [0.05, 0.1) is 18.9 Å². The summed E-state index contributed by atoms with van der Waals surface area (Å²) in [6.45, 7) is 11.4. The lowest BCUT2D eigenvalue weighted by Crippen LogP contribution is -2.30. The van der Waals surface area contributed by atoms with Crippen LogP contribution in [0.25, 0.3) is 0 Å². The molecule has 0 bridgehead atoms. The molecule has 0 N–H and O–H groups in total. The minimum absolute atomic E-state index is 0.175. The average molecular weight is 468 g/mol. The fourth-order valence-corrected chi connectivity index (χ4v) is 3.98. The third-order valence-electron chi connectivity index (χ3n) is 5.65.